The van der Waals surface area contributed by atoms with Crippen molar-refractivity contribution in [2.24, 2.45) is 11.8 Å². The van der Waals surface area contributed by atoms with E-state index >= 15 is 0 Å². The van der Waals surface area contributed by atoms with Crippen LogP contribution in [0.2, 0.25) is 0 Å². The Hall–Kier alpha value is -2.84. The topological polar surface area (TPSA) is 77.1 Å². The minimum atomic E-state index is -2.78. The van der Waals surface area contributed by atoms with Crippen LogP contribution in [-0.2, 0) is 0 Å². The van der Waals surface area contributed by atoms with E-state index in [9.17, 15) is 13.6 Å². The van der Waals surface area contributed by atoms with E-state index in [0.717, 1.165) is 25.7 Å². The fourth-order valence-corrected chi connectivity index (χ4v) is 4.06. The van der Waals surface area contributed by atoms with Gasteiger partial charge in [0.25, 0.3) is 12.3 Å². The van der Waals surface area contributed by atoms with Gasteiger partial charge in [0.1, 0.15) is 5.56 Å². The number of rotatable bonds is 5. The second-order valence-corrected chi connectivity index (χ2v) is 7.92. The number of anilines is 1. The quantitative estimate of drug-likeness (QED) is 0.682. The second kappa shape index (κ2) is 7.88. The van der Waals surface area contributed by atoms with E-state index in [1.165, 1.54) is 16.9 Å². The highest BCUT2D eigenvalue weighted by molar-refractivity contribution is 6.08. The molecule has 1 aliphatic rings. The molecular formula is C20H24F2N6O. The van der Waals surface area contributed by atoms with Crippen LogP contribution in [-0.4, -0.2) is 30.3 Å². The predicted molar refractivity (Wildman–Crippen MR) is 104 cm³/mol. The fraction of sp³-hybridized carbons (Fsp3) is 0.500. The van der Waals surface area contributed by atoms with E-state index in [2.05, 4.69) is 34.3 Å². The lowest BCUT2D eigenvalue weighted by Gasteiger charge is -2.30. The highest BCUT2D eigenvalue weighted by Crippen LogP contribution is 2.37. The van der Waals surface area contributed by atoms with E-state index in [4.69, 9.17) is 0 Å². The van der Waals surface area contributed by atoms with Gasteiger partial charge in [0.2, 0.25) is 0 Å². The average Bonchev–Trinajstić information content (AvgIpc) is 3.32. The molecule has 0 aliphatic heterocycles. The monoisotopic (exact) mass is 402 g/mol. The first-order valence-corrected chi connectivity index (χ1v) is 9.91. The zero-order valence-corrected chi connectivity index (χ0v) is 16.4. The molecule has 0 bridgehead atoms. The first-order chi connectivity index (χ1) is 13.9. The van der Waals surface area contributed by atoms with Crippen molar-refractivity contribution in [3.63, 3.8) is 0 Å². The molecular weight excluding hydrogens is 378 g/mol. The molecule has 154 valence electrons. The van der Waals surface area contributed by atoms with Crippen molar-refractivity contribution in [3.8, 4) is 0 Å². The Morgan fingerprint density at radius 3 is 2.69 bits per heavy atom. The Balaban J connectivity index is 1.55. The molecule has 0 aromatic carbocycles. The average molecular weight is 402 g/mol. The summed E-state index contributed by atoms with van der Waals surface area (Å²) in [5, 5.41) is 10.8. The van der Waals surface area contributed by atoms with Gasteiger partial charge in [-0.25, -0.2) is 18.3 Å². The number of carbonyl (C=O) groups is 1. The molecule has 1 N–H and O–H groups in total. The van der Waals surface area contributed by atoms with Crippen molar-refractivity contribution in [2.45, 2.75) is 52.0 Å². The number of amides is 1. The lowest BCUT2D eigenvalue weighted by atomic mass is 9.80. The summed E-state index contributed by atoms with van der Waals surface area (Å²) in [6.45, 7) is 4.44. The van der Waals surface area contributed by atoms with Gasteiger partial charge in [-0.2, -0.15) is 10.2 Å². The van der Waals surface area contributed by atoms with E-state index in [0.29, 0.717) is 17.5 Å². The number of carbonyl (C=O) groups excluding carboxylic acids is 1. The maximum Gasteiger partial charge on any atom is 0.284 e. The Morgan fingerprint density at radius 2 is 2.00 bits per heavy atom. The summed E-state index contributed by atoms with van der Waals surface area (Å²) in [5.41, 5.74) is 0.207. The van der Waals surface area contributed by atoms with Crippen LogP contribution >= 0.6 is 0 Å². The van der Waals surface area contributed by atoms with Crippen molar-refractivity contribution < 1.29 is 13.6 Å². The van der Waals surface area contributed by atoms with Gasteiger partial charge in [-0.15, -0.1) is 0 Å². The Labute approximate surface area is 167 Å². The van der Waals surface area contributed by atoms with Gasteiger partial charge in [-0.3, -0.25) is 9.48 Å². The SMILES string of the molecule is CC(C)[C@H]1CC[C@H](n2cc(NC(=O)c3cnn4cccnc34)c(C(F)F)n2)CC1. The Bertz CT molecular complexity index is 1000. The van der Waals surface area contributed by atoms with Crippen molar-refractivity contribution in [3.05, 3.63) is 42.1 Å². The standard InChI is InChI=1S/C20H24F2N6O/c1-12(2)13-4-6-14(7-5-13)28-11-16(17(26-28)18(21)22)25-20(29)15-10-24-27-9-3-8-23-19(15)27/h3,8-14,18H,4-7H2,1-2H3,(H,25,29)/t13-,14-. The summed E-state index contributed by atoms with van der Waals surface area (Å²) in [6.07, 6.45) is 7.25. The molecule has 9 heteroatoms. The number of aromatic nitrogens is 5. The lowest BCUT2D eigenvalue weighted by molar-refractivity contribution is 0.102. The van der Waals surface area contributed by atoms with Crippen LogP contribution in [0.1, 0.15) is 68.0 Å². The summed E-state index contributed by atoms with van der Waals surface area (Å²) in [5.74, 6) is 0.752. The third kappa shape index (κ3) is 3.86. The van der Waals surface area contributed by atoms with Crippen LogP contribution in [0, 0.1) is 11.8 Å². The number of alkyl halides is 2. The van der Waals surface area contributed by atoms with Crippen LogP contribution in [0.5, 0.6) is 0 Å². The van der Waals surface area contributed by atoms with Crippen LogP contribution in [0.25, 0.3) is 5.65 Å². The van der Waals surface area contributed by atoms with Gasteiger partial charge in [-0.05, 0) is 43.6 Å². The third-order valence-corrected chi connectivity index (χ3v) is 5.80. The molecule has 29 heavy (non-hydrogen) atoms. The molecule has 0 atom stereocenters. The predicted octanol–water partition coefficient (Wildman–Crippen LogP) is 4.50. The summed E-state index contributed by atoms with van der Waals surface area (Å²) < 4.78 is 30.2. The molecule has 0 saturated heterocycles. The third-order valence-electron chi connectivity index (χ3n) is 5.80. The summed E-state index contributed by atoms with van der Waals surface area (Å²) in [6, 6.07) is 1.76. The van der Waals surface area contributed by atoms with Gasteiger partial charge in [0, 0.05) is 18.6 Å². The lowest BCUT2D eigenvalue weighted by Crippen LogP contribution is -2.21. The summed E-state index contributed by atoms with van der Waals surface area (Å²) >= 11 is 0. The first-order valence-electron chi connectivity index (χ1n) is 9.91. The van der Waals surface area contributed by atoms with Crippen LogP contribution in [0.15, 0.2) is 30.9 Å². The number of nitrogens with zero attached hydrogens (tertiary/aromatic N) is 5. The molecule has 1 fully saturated rings. The van der Waals surface area contributed by atoms with Crippen LogP contribution in [0.3, 0.4) is 0 Å². The first kappa shape index (κ1) is 19.5. The molecule has 3 heterocycles. The molecule has 3 aromatic heterocycles. The molecule has 1 aliphatic carbocycles. The van der Waals surface area contributed by atoms with E-state index in [1.807, 2.05) is 0 Å². The molecule has 0 radical (unpaired) electrons. The number of fused-ring (bicyclic) bond motifs is 1. The Morgan fingerprint density at radius 1 is 1.24 bits per heavy atom. The van der Waals surface area contributed by atoms with Crippen molar-refractivity contribution >= 4 is 17.2 Å². The molecule has 1 amide bonds. The number of halogens is 2. The van der Waals surface area contributed by atoms with Gasteiger partial charge < -0.3 is 5.32 Å². The summed E-state index contributed by atoms with van der Waals surface area (Å²) in [7, 11) is 0. The molecule has 1 saturated carbocycles. The number of nitrogens with one attached hydrogen (secondary N) is 1. The Kier molecular flexibility index (Phi) is 5.29. The summed E-state index contributed by atoms with van der Waals surface area (Å²) in [4.78, 5) is 16.8. The highest BCUT2D eigenvalue weighted by atomic mass is 19.3. The van der Waals surface area contributed by atoms with E-state index in [-0.39, 0.29) is 17.3 Å². The molecule has 3 aromatic rings. The molecule has 0 unspecified atom stereocenters. The maximum atomic E-state index is 13.6. The number of hydrogen-bond acceptors (Lipinski definition) is 4. The smallest absolute Gasteiger partial charge is 0.284 e. The largest absolute Gasteiger partial charge is 0.319 e. The molecule has 7 nitrogen and oxygen atoms in total. The minimum absolute atomic E-state index is 0.0336. The number of hydrogen-bond donors (Lipinski definition) is 1. The second-order valence-electron chi connectivity index (χ2n) is 7.92. The van der Waals surface area contributed by atoms with Crippen LogP contribution < -0.4 is 5.32 Å². The molecule has 0 spiro atoms. The normalized spacial score (nSPS) is 19.9. The van der Waals surface area contributed by atoms with Gasteiger partial charge in [-0.1, -0.05) is 13.8 Å². The van der Waals surface area contributed by atoms with Crippen molar-refractivity contribution in [1.29, 1.82) is 0 Å². The van der Waals surface area contributed by atoms with E-state index < -0.39 is 18.0 Å². The van der Waals surface area contributed by atoms with Crippen LogP contribution in [0.4, 0.5) is 14.5 Å². The van der Waals surface area contributed by atoms with Gasteiger partial charge in [0.15, 0.2) is 11.3 Å². The maximum absolute atomic E-state index is 13.6. The highest BCUT2D eigenvalue weighted by Gasteiger charge is 2.28. The van der Waals surface area contributed by atoms with E-state index in [1.54, 1.807) is 23.1 Å². The zero-order valence-electron chi connectivity index (χ0n) is 16.4. The van der Waals surface area contributed by atoms with Gasteiger partial charge in [0.05, 0.1) is 17.9 Å². The fourth-order valence-electron chi connectivity index (χ4n) is 4.06. The van der Waals surface area contributed by atoms with Crippen molar-refractivity contribution in [2.75, 3.05) is 5.32 Å². The van der Waals surface area contributed by atoms with Crippen molar-refractivity contribution in [1.82, 2.24) is 24.4 Å². The zero-order chi connectivity index (χ0) is 20.5. The molecule has 4 rings (SSSR count). The van der Waals surface area contributed by atoms with Gasteiger partial charge >= 0.3 is 0 Å². The minimum Gasteiger partial charge on any atom is -0.319 e.